The summed E-state index contributed by atoms with van der Waals surface area (Å²) in [4.78, 5) is 26.5. The Labute approximate surface area is 177 Å². The van der Waals surface area contributed by atoms with Crippen molar-refractivity contribution in [3.05, 3.63) is 53.1 Å². The lowest BCUT2D eigenvalue weighted by Gasteiger charge is -2.19. The van der Waals surface area contributed by atoms with Crippen molar-refractivity contribution in [3.8, 4) is 0 Å². The molecule has 2 amide bonds. The highest BCUT2D eigenvalue weighted by Crippen LogP contribution is 2.41. The van der Waals surface area contributed by atoms with Crippen LogP contribution in [0.4, 0.5) is 11.4 Å². The Morgan fingerprint density at radius 2 is 1.70 bits per heavy atom. The predicted octanol–water partition coefficient (Wildman–Crippen LogP) is 2.82. The lowest BCUT2D eigenvalue weighted by atomic mass is 9.86. The van der Waals surface area contributed by atoms with Gasteiger partial charge >= 0.3 is 0 Å². The average Bonchev–Trinajstić information content (AvgIpc) is 2.81. The fraction of sp³-hybridized carbons (Fsp3) is 0.364. The molecule has 0 unspecified atom stereocenters. The molecule has 30 heavy (non-hydrogen) atoms. The Bertz CT molecular complexity index is 1120. The summed E-state index contributed by atoms with van der Waals surface area (Å²) in [6.45, 7) is 7.08. The molecule has 0 fully saturated rings. The molecule has 160 valence electrons. The molecule has 0 spiro atoms. The van der Waals surface area contributed by atoms with Crippen LogP contribution < -0.4 is 10.2 Å². The van der Waals surface area contributed by atoms with E-state index < -0.39 is 21.3 Å². The first-order chi connectivity index (χ1) is 13.8. The van der Waals surface area contributed by atoms with E-state index in [2.05, 4.69) is 5.32 Å². The molecule has 2 aromatic carbocycles. The molecule has 7 nitrogen and oxygen atoms in total. The Kier molecular flexibility index (Phi) is 5.51. The number of hydrogen-bond acceptors (Lipinski definition) is 4. The van der Waals surface area contributed by atoms with Gasteiger partial charge in [-0.15, -0.1) is 0 Å². The number of rotatable bonds is 5. The molecule has 0 radical (unpaired) electrons. The topological polar surface area (TPSA) is 86.8 Å². The molecule has 8 heteroatoms. The van der Waals surface area contributed by atoms with Gasteiger partial charge in [-0.25, -0.2) is 8.42 Å². The fourth-order valence-electron chi connectivity index (χ4n) is 3.83. The van der Waals surface area contributed by atoms with Gasteiger partial charge in [0.25, 0.3) is 0 Å². The number of carbonyl (C=O) groups is 2. The Hall–Kier alpha value is -2.71. The van der Waals surface area contributed by atoms with Crippen molar-refractivity contribution < 1.29 is 18.0 Å². The molecule has 0 atom stereocenters. The molecule has 1 N–H and O–H groups in total. The normalized spacial score (nSPS) is 15.4. The largest absolute Gasteiger partial charge is 0.325 e. The Morgan fingerprint density at radius 3 is 2.30 bits per heavy atom. The molecule has 0 bridgehead atoms. The van der Waals surface area contributed by atoms with E-state index in [1.54, 1.807) is 27.0 Å². The minimum atomic E-state index is -3.91. The van der Waals surface area contributed by atoms with E-state index >= 15 is 0 Å². The summed E-state index contributed by atoms with van der Waals surface area (Å²) < 4.78 is 27.1. The van der Waals surface area contributed by atoms with E-state index in [0.717, 1.165) is 15.4 Å². The maximum absolute atomic E-state index is 13.0. The van der Waals surface area contributed by atoms with E-state index in [1.807, 2.05) is 32.0 Å². The lowest BCUT2D eigenvalue weighted by molar-refractivity contribution is -0.121. The van der Waals surface area contributed by atoms with Crippen molar-refractivity contribution >= 4 is 33.2 Å². The number of sulfonamides is 1. The second kappa shape index (κ2) is 7.52. The van der Waals surface area contributed by atoms with Crippen molar-refractivity contribution in [3.63, 3.8) is 0 Å². The number of anilines is 2. The second-order valence-electron chi connectivity index (χ2n) is 8.35. The maximum Gasteiger partial charge on any atom is 0.243 e. The van der Waals surface area contributed by atoms with E-state index in [1.165, 1.54) is 24.1 Å². The number of likely N-dealkylation sites (N-methyl/N-ethyl adjacent to an activating group) is 2. The first-order valence-electron chi connectivity index (χ1n) is 9.61. The van der Waals surface area contributed by atoms with E-state index in [0.29, 0.717) is 16.9 Å². The van der Waals surface area contributed by atoms with Gasteiger partial charge in [0.05, 0.1) is 16.9 Å². The summed E-state index contributed by atoms with van der Waals surface area (Å²) in [7, 11) is -0.865. The number of aryl methyl sites for hydroxylation is 2. The zero-order chi connectivity index (χ0) is 22.4. The quantitative estimate of drug-likeness (QED) is 0.792. The van der Waals surface area contributed by atoms with Gasteiger partial charge in [-0.3, -0.25) is 9.59 Å². The SMILES string of the molecule is Cc1cc(C)cc(NC(=O)CN(C)S(=O)(=O)c2ccc3c(c2)C(C)(C)C(=O)N3C)c1. The van der Waals surface area contributed by atoms with Crippen LogP contribution in [0.5, 0.6) is 0 Å². The Balaban J connectivity index is 1.81. The molecule has 1 heterocycles. The zero-order valence-corrected chi connectivity index (χ0v) is 18.9. The van der Waals surface area contributed by atoms with Crippen LogP contribution in [0.1, 0.15) is 30.5 Å². The van der Waals surface area contributed by atoms with Crippen LogP contribution in [-0.2, 0) is 25.0 Å². The number of benzene rings is 2. The standard InChI is InChI=1S/C22H27N3O4S/c1-14-9-15(2)11-16(10-14)23-20(26)13-24(5)30(28,29)17-7-8-19-18(12-17)22(3,4)21(27)25(19)6/h7-12H,13H2,1-6H3,(H,23,26). The highest BCUT2D eigenvalue weighted by atomic mass is 32.2. The van der Waals surface area contributed by atoms with Crippen LogP contribution >= 0.6 is 0 Å². The average molecular weight is 430 g/mol. The van der Waals surface area contributed by atoms with Gasteiger partial charge in [-0.05, 0) is 74.7 Å². The van der Waals surface area contributed by atoms with E-state index in [-0.39, 0.29) is 17.3 Å². The van der Waals surface area contributed by atoms with Crippen molar-refractivity contribution in [1.82, 2.24) is 4.31 Å². The van der Waals surface area contributed by atoms with Crippen molar-refractivity contribution in [2.75, 3.05) is 30.9 Å². The summed E-state index contributed by atoms with van der Waals surface area (Å²) in [5.41, 5.74) is 3.18. The highest BCUT2D eigenvalue weighted by Gasteiger charge is 2.43. The summed E-state index contributed by atoms with van der Waals surface area (Å²) in [6, 6.07) is 10.3. The number of hydrogen-bond donors (Lipinski definition) is 1. The minimum absolute atomic E-state index is 0.0547. The molecule has 2 aromatic rings. The van der Waals surface area contributed by atoms with Crippen molar-refractivity contribution in [2.45, 2.75) is 38.0 Å². The minimum Gasteiger partial charge on any atom is -0.325 e. The smallest absolute Gasteiger partial charge is 0.243 e. The summed E-state index contributed by atoms with van der Waals surface area (Å²) in [6.07, 6.45) is 0. The van der Waals surface area contributed by atoms with E-state index in [4.69, 9.17) is 0 Å². The van der Waals surface area contributed by atoms with Crippen LogP contribution in [0, 0.1) is 13.8 Å². The summed E-state index contributed by atoms with van der Waals surface area (Å²) in [5.74, 6) is -0.518. The Morgan fingerprint density at radius 1 is 1.10 bits per heavy atom. The van der Waals surface area contributed by atoms with Gasteiger partial charge in [-0.1, -0.05) is 6.07 Å². The number of nitrogens with zero attached hydrogens (tertiary/aromatic N) is 2. The number of amides is 2. The molecule has 0 aromatic heterocycles. The second-order valence-corrected chi connectivity index (χ2v) is 10.4. The summed E-state index contributed by atoms with van der Waals surface area (Å²) >= 11 is 0. The number of fused-ring (bicyclic) bond motifs is 1. The first kappa shape index (κ1) is 22.0. The molecule has 3 rings (SSSR count). The number of nitrogens with one attached hydrogen (secondary N) is 1. The first-order valence-corrected chi connectivity index (χ1v) is 11.0. The van der Waals surface area contributed by atoms with Crippen LogP contribution in [0.2, 0.25) is 0 Å². The summed E-state index contributed by atoms with van der Waals surface area (Å²) in [5, 5.41) is 2.75. The molecular weight excluding hydrogens is 402 g/mol. The van der Waals surface area contributed by atoms with Gasteiger partial charge in [0.15, 0.2) is 0 Å². The monoisotopic (exact) mass is 429 g/mol. The van der Waals surface area contributed by atoms with E-state index in [9.17, 15) is 18.0 Å². The van der Waals surface area contributed by atoms with Gasteiger partial charge in [0.2, 0.25) is 21.8 Å². The third-order valence-corrected chi connectivity index (χ3v) is 7.22. The maximum atomic E-state index is 13.0. The van der Waals surface area contributed by atoms with Gasteiger partial charge in [-0.2, -0.15) is 4.31 Å². The lowest BCUT2D eigenvalue weighted by Crippen LogP contribution is -2.35. The van der Waals surface area contributed by atoms with Crippen LogP contribution in [0.3, 0.4) is 0 Å². The third-order valence-electron chi connectivity index (χ3n) is 5.42. The third kappa shape index (κ3) is 3.85. The molecule has 1 aliphatic rings. The highest BCUT2D eigenvalue weighted by molar-refractivity contribution is 7.89. The van der Waals surface area contributed by atoms with Gasteiger partial charge in [0, 0.05) is 25.5 Å². The number of carbonyl (C=O) groups excluding carboxylic acids is 2. The van der Waals surface area contributed by atoms with Crippen LogP contribution in [-0.4, -0.2) is 45.2 Å². The molecule has 0 saturated carbocycles. The molecular formula is C22H27N3O4S. The van der Waals surface area contributed by atoms with Gasteiger partial charge < -0.3 is 10.2 Å². The van der Waals surface area contributed by atoms with Crippen LogP contribution in [0.25, 0.3) is 0 Å². The predicted molar refractivity (Wildman–Crippen MR) is 117 cm³/mol. The molecule has 0 aliphatic carbocycles. The fourth-order valence-corrected chi connectivity index (χ4v) is 4.98. The van der Waals surface area contributed by atoms with Crippen molar-refractivity contribution in [2.24, 2.45) is 0 Å². The molecule has 0 saturated heterocycles. The van der Waals surface area contributed by atoms with Crippen LogP contribution in [0.15, 0.2) is 41.3 Å². The zero-order valence-electron chi connectivity index (χ0n) is 18.1. The van der Waals surface area contributed by atoms with Gasteiger partial charge in [0.1, 0.15) is 0 Å². The van der Waals surface area contributed by atoms with Crippen molar-refractivity contribution in [1.29, 1.82) is 0 Å². The molecule has 1 aliphatic heterocycles.